The number of aliphatic hydroxyl groups is 3. The Bertz CT molecular complexity index is 162. The van der Waals surface area contributed by atoms with Crippen molar-refractivity contribution in [2.24, 2.45) is 0 Å². The van der Waals surface area contributed by atoms with Crippen molar-refractivity contribution in [3.8, 4) is 0 Å². The molecule has 0 amide bonds. The SMILES string of the molecule is O=S(=O)([O-])C(O)(O)O.[Na+]. The molecule has 3 N–H and O–H groups in total. The molecule has 0 aromatic rings. The quantitative estimate of drug-likeness (QED) is 0.203. The Balaban J connectivity index is 0. The third kappa shape index (κ3) is 4.23. The molecule has 9 heavy (non-hydrogen) atoms. The van der Waals surface area contributed by atoms with Gasteiger partial charge in [0, 0.05) is 0 Å². The van der Waals surface area contributed by atoms with Gasteiger partial charge in [0.15, 0.2) is 10.1 Å². The van der Waals surface area contributed by atoms with Gasteiger partial charge in [0.2, 0.25) is 0 Å². The molecule has 0 heterocycles. The van der Waals surface area contributed by atoms with Crippen LogP contribution in [0.25, 0.3) is 0 Å². The first-order chi connectivity index (χ1) is 3.25. The summed E-state index contributed by atoms with van der Waals surface area (Å²) in [6.07, 6.45) is 0. The van der Waals surface area contributed by atoms with Gasteiger partial charge in [0.1, 0.15) is 0 Å². The summed E-state index contributed by atoms with van der Waals surface area (Å²) in [4.78, 5) is 0. The normalized spacial score (nSPS) is 12.4. The van der Waals surface area contributed by atoms with Gasteiger partial charge in [0.25, 0.3) is 0 Å². The van der Waals surface area contributed by atoms with Crippen LogP contribution in [0.5, 0.6) is 0 Å². The molecule has 0 unspecified atom stereocenters. The molecule has 0 saturated heterocycles. The fourth-order valence-electron chi connectivity index (χ4n) is 0. The molecule has 0 bridgehead atoms. The maximum atomic E-state index is 9.35. The molecule has 6 nitrogen and oxygen atoms in total. The molecule has 0 aliphatic rings. The van der Waals surface area contributed by atoms with E-state index in [0.717, 1.165) is 0 Å². The summed E-state index contributed by atoms with van der Waals surface area (Å²) in [5.41, 5.74) is 0. The second-order valence-corrected chi connectivity index (χ2v) is 2.48. The zero-order valence-corrected chi connectivity index (χ0v) is 7.29. The number of hydrogen-bond donors (Lipinski definition) is 3. The van der Waals surface area contributed by atoms with Crippen LogP contribution >= 0.6 is 0 Å². The standard InChI is InChI=1S/CH4O6S.Na/c2-1(3,4)8(5,6)7;/h2-4H,(H,5,6,7);/q;+1/p-1. The van der Waals surface area contributed by atoms with Crippen molar-refractivity contribution in [3.05, 3.63) is 0 Å². The fourth-order valence-corrected chi connectivity index (χ4v) is 0. The molecule has 0 aromatic carbocycles. The van der Waals surface area contributed by atoms with Crippen molar-refractivity contribution in [3.63, 3.8) is 0 Å². The van der Waals surface area contributed by atoms with Crippen molar-refractivity contribution in [2.45, 2.75) is 5.31 Å². The zero-order chi connectivity index (χ0) is 7.00. The summed E-state index contributed by atoms with van der Waals surface area (Å²) >= 11 is 0. The van der Waals surface area contributed by atoms with Gasteiger partial charge in [-0.05, 0) is 0 Å². The molecule has 0 aromatic heterocycles. The van der Waals surface area contributed by atoms with E-state index in [4.69, 9.17) is 15.3 Å². The van der Waals surface area contributed by atoms with Gasteiger partial charge in [-0.2, -0.15) is 0 Å². The van der Waals surface area contributed by atoms with E-state index >= 15 is 0 Å². The van der Waals surface area contributed by atoms with Crippen molar-refractivity contribution in [1.29, 1.82) is 0 Å². The monoisotopic (exact) mass is 166 g/mol. The van der Waals surface area contributed by atoms with Gasteiger partial charge in [0.05, 0.1) is 0 Å². The Labute approximate surface area is 73.2 Å². The van der Waals surface area contributed by atoms with E-state index in [1.807, 2.05) is 0 Å². The first-order valence-electron chi connectivity index (χ1n) is 1.37. The molecule has 0 fully saturated rings. The van der Waals surface area contributed by atoms with Crippen LogP contribution in [0.15, 0.2) is 0 Å². The van der Waals surface area contributed by atoms with Crippen molar-refractivity contribution in [1.82, 2.24) is 0 Å². The van der Waals surface area contributed by atoms with E-state index in [9.17, 15) is 13.0 Å². The van der Waals surface area contributed by atoms with Gasteiger partial charge in [-0.25, -0.2) is 8.42 Å². The molecule has 0 aliphatic carbocycles. The molecule has 0 radical (unpaired) electrons. The second-order valence-electron chi connectivity index (χ2n) is 1.03. The minimum absolute atomic E-state index is 0. The molecule has 0 saturated carbocycles. The molecular weight excluding hydrogens is 163 g/mol. The maximum absolute atomic E-state index is 9.35. The second kappa shape index (κ2) is 3.26. The van der Waals surface area contributed by atoms with E-state index in [0.29, 0.717) is 0 Å². The van der Waals surface area contributed by atoms with E-state index in [2.05, 4.69) is 0 Å². The molecule has 0 aliphatic heterocycles. The first-order valence-corrected chi connectivity index (χ1v) is 2.78. The van der Waals surface area contributed by atoms with Crippen molar-refractivity contribution < 1.29 is 57.8 Å². The largest absolute Gasteiger partial charge is 1.00 e. The molecule has 0 atom stereocenters. The van der Waals surface area contributed by atoms with E-state index < -0.39 is 15.4 Å². The Morgan fingerprint density at radius 2 is 1.33 bits per heavy atom. The molecule has 8 heteroatoms. The van der Waals surface area contributed by atoms with E-state index in [-0.39, 0.29) is 29.6 Å². The van der Waals surface area contributed by atoms with Crippen LogP contribution in [0, 0.1) is 0 Å². The van der Waals surface area contributed by atoms with Crippen LogP contribution in [0.1, 0.15) is 0 Å². The zero-order valence-electron chi connectivity index (χ0n) is 4.47. The Morgan fingerprint density at radius 3 is 1.33 bits per heavy atom. The van der Waals surface area contributed by atoms with Gasteiger partial charge >= 0.3 is 34.9 Å². The Kier molecular flexibility index (Phi) is 4.52. The molecular formula is CH3NaO6S. The van der Waals surface area contributed by atoms with Gasteiger partial charge in [-0.15, -0.1) is 0 Å². The summed E-state index contributed by atoms with van der Waals surface area (Å²) in [6.45, 7) is 0. The summed E-state index contributed by atoms with van der Waals surface area (Å²) in [5.74, 6) is 0. The summed E-state index contributed by atoms with van der Waals surface area (Å²) in [5, 5.41) is 18.5. The predicted molar refractivity (Wildman–Crippen MR) is 19.1 cm³/mol. The van der Waals surface area contributed by atoms with Gasteiger partial charge < -0.3 is 19.9 Å². The van der Waals surface area contributed by atoms with Crippen molar-refractivity contribution in [2.75, 3.05) is 0 Å². The van der Waals surface area contributed by atoms with E-state index in [1.54, 1.807) is 0 Å². The number of hydrogen-bond acceptors (Lipinski definition) is 6. The summed E-state index contributed by atoms with van der Waals surface area (Å²) in [6, 6.07) is 0. The number of rotatable bonds is 1. The van der Waals surface area contributed by atoms with Crippen LogP contribution in [0.4, 0.5) is 0 Å². The van der Waals surface area contributed by atoms with Crippen LogP contribution in [-0.4, -0.2) is 33.6 Å². The Hall–Kier alpha value is 0.790. The fraction of sp³-hybridized carbons (Fsp3) is 1.00. The summed E-state index contributed by atoms with van der Waals surface area (Å²) in [7, 11) is -5.42. The van der Waals surface area contributed by atoms with Crippen LogP contribution in [0.2, 0.25) is 0 Å². The average Bonchev–Trinajstić information content (AvgIpc) is 1.25. The Morgan fingerprint density at radius 1 is 1.22 bits per heavy atom. The molecule has 0 rings (SSSR count). The van der Waals surface area contributed by atoms with Crippen LogP contribution in [0.3, 0.4) is 0 Å². The third-order valence-electron chi connectivity index (χ3n) is 0.335. The first kappa shape index (κ1) is 12.5. The van der Waals surface area contributed by atoms with E-state index in [1.165, 1.54) is 0 Å². The minimum atomic E-state index is -5.42. The smallest absolute Gasteiger partial charge is 0.742 e. The average molecular weight is 166 g/mol. The summed E-state index contributed by atoms with van der Waals surface area (Å²) < 4.78 is 28.0. The third-order valence-corrected chi connectivity index (χ3v) is 1.01. The molecule has 0 spiro atoms. The van der Waals surface area contributed by atoms with Gasteiger partial charge in [-0.3, -0.25) is 0 Å². The maximum Gasteiger partial charge on any atom is 1.00 e. The molecule has 50 valence electrons. The minimum Gasteiger partial charge on any atom is -0.742 e. The predicted octanol–water partition coefficient (Wildman–Crippen LogP) is -5.88. The van der Waals surface area contributed by atoms with Crippen LogP contribution < -0.4 is 29.6 Å². The topological polar surface area (TPSA) is 118 Å². The van der Waals surface area contributed by atoms with Crippen molar-refractivity contribution >= 4 is 10.1 Å². The van der Waals surface area contributed by atoms with Crippen LogP contribution in [-0.2, 0) is 10.1 Å². The van der Waals surface area contributed by atoms with Gasteiger partial charge in [-0.1, -0.05) is 0 Å².